The molecule has 3 aromatic carbocycles. The van der Waals surface area contributed by atoms with Crippen LogP contribution in [0.5, 0.6) is 0 Å². The van der Waals surface area contributed by atoms with E-state index >= 15 is 0 Å². The topological polar surface area (TPSA) is 0 Å². The summed E-state index contributed by atoms with van der Waals surface area (Å²) in [6.45, 7) is 8.90. The predicted molar refractivity (Wildman–Crippen MR) is 128 cm³/mol. The Morgan fingerprint density at radius 1 is 0.706 bits per heavy atom. The van der Waals surface area contributed by atoms with Crippen molar-refractivity contribution in [3.63, 3.8) is 0 Å². The van der Waals surface area contributed by atoms with Crippen LogP contribution < -0.4 is 37.2 Å². The Bertz CT molecular complexity index is 1070. The zero-order valence-corrected chi connectivity index (χ0v) is 24.1. The van der Waals surface area contributed by atoms with E-state index in [-0.39, 0.29) is 42.6 Å². The van der Waals surface area contributed by atoms with E-state index in [1.54, 1.807) is 0 Å². The molecule has 3 aromatic rings. The van der Waals surface area contributed by atoms with Crippen LogP contribution >= 0.6 is 0 Å². The molecule has 0 aliphatic heterocycles. The smallest absolute Gasteiger partial charge is 1.00 e. The fourth-order valence-corrected chi connectivity index (χ4v) is 5.92. The van der Waals surface area contributed by atoms with Crippen LogP contribution in [0.4, 0.5) is 0 Å². The van der Waals surface area contributed by atoms with Crippen LogP contribution in [0.1, 0.15) is 59.6 Å². The largest absolute Gasteiger partial charge is 1.00 e. The van der Waals surface area contributed by atoms with Crippen LogP contribution in [-0.2, 0) is 25.9 Å². The van der Waals surface area contributed by atoms with Gasteiger partial charge in [0.15, 0.2) is 0 Å². The molecule has 0 atom stereocenters. The minimum absolute atomic E-state index is 0. The summed E-state index contributed by atoms with van der Waals surface area (Å²) in [5, 5.41) is 0. The van der Waals surface area contributed by atoms with Crippen molar-refractivity contribution >= 4 is 0 Å². The quantitative estimate of drug-likeness (QED) is 0.272. The van der Waals surface area contributed by atoms with E-state index in [1.807, 2.05) is 0 Å². The summed E-state index contributed by atoms with van der Waals surface area (Å²) >= 11 is 2.35. The maximum Gasteiger partial charge on any atom is -1.00 e. The Balaban J connectivity index is 0.00000193. The standard InChI is InChI=1S/C30H31.3ClH.Ti/c1-5-9-25-16-17-29(21-25)30(26-13-6-10-22(2)18-26,27-14-7-11-23(3)19-27)28-15-8-12-24(4)20-28;;;;/h6-8,10-16,18-20H,5,9,17H2,1-4H3;3*1H;/q;;;;+3/p-3. The van der Waals surface area contributed by atoms with Gasteiger partial charge in [-0.15, -0.1) is 0 Å². The molecular weight excluding hydrogens is 515 g/mol. The second-order valence-electron chi connectivity index (χ2n) is 8.90. The molecule has 0 N–H and O–H groups in total. The van der Waals surface area contributed by atoms with Crippen molar-refractivity contribution in [2.45, 2.75) is 52.4 Å². The molecule has 0 saturated carbocycles. The third kappa shape index (κ3) is 5.75. The second-order valence-corrected chi connectivity index (χ2v) is 9.68. The van der Waals surface area contributed by atoms with Crippen LogP contribution in [-0.4, -0.2) is 0 Å². The number of benzene rings is 3. The first-order valence-electron chi connectivity index (χ1n) is 11.3. The van der Waals surface area contributed by atoms with Gasteiger partial charge in [-0.25, -0.2) is 0 Å². The van der Waals surface area contributed by atoms with E-state index in [4.69, 9.17) is 0 Å². The van der Waals surface area contributed by atoms with Gasteiger partial charge in [-0.05, 0) is 0 Å². The molecule has 0 bridgehead atoms. The monoisotopic (exact) mass is 544 g/mol. The number of hydrogen-bond donors (Lipinski definition) is 0. The van der Waals surface area contributed by atoms with Gasteiger partial charge in [-0.2, -0.15) is 0 Å². The third-order valence-electron chi connectivity index (χ3n) is 6.50. The average molecular weight is 546 g/mol. The summed E-state index contributed by atoms with van der Waals surface area (Å²) in [7, 11) is 0. The molecule has 4 rings (SSSR count). The predicted octanol–water partition coefficient (Wildman–Crippen LogP) is -1.11. The van der Waals surface area contributed by atoms with Crippen LogP contribution in [0, 0.1) is 20.8 Å². The summed E-state index contributed by atoms with van der Waals surface area (Å²) in [5.41, 5.74) is 10.8. The molecule has 1 aliphatic rings. The van der Waals surface area contributed by atoms with E-state index in [9.17, 15) is 0 Å². The molecule has 0 amide bonds. The van der Waals surface area contributed by atoms with Crippen LogP contribution in [0.2, 0.25) is 0 Å². The van der Waals surface area contributed by atoms with E-state index in [0.29, 0.717) is 0 Å². The minimum atomic E-state index is -0.292. The van der Waals surface area contributed by atoms with Gasteiger partial charge >= 0.3 is 200 Å². The van der Waals surface area contributed by atoms with E-state index in [2.05, 4.69) is 127 Å². The average Bonchev–Trinajstić information content (AvgIpc) is 3.10. The van der Waals surface area contributed by atoms with Gasteiger partial charge in [0, 0.05) is 0 Å². The molecule has 0 saturated heterocycles. The summed E-state index contributed by atoms with van der Waals surface area (Å²) in [6, 6.07) is 27.4. The zero-order valence-electron chi connectivity index (χ0n) is 20.3. The maximum atomic E-state index is 2.48. The van der Waals surface area contributed by atoms with Gasteiger partial charge in [-0.1, -0.05) is 0 Å². The first-order chi connectivity index (χ1) is 15.0. The van der Waals surface area contributed by atoms with Crippen LogP contribution in [0.3, 0.4) is 0 Å². The van der Waals surface area contributed by atoms with Crippen molar-refractivity contribution in [3.8, 4) is 0 Å². The molecule has 34 heavy (non-hydrogen) atoms. The Hall–Kier alpha value is -1.28. The normalized spacial score (nSPS) is 12.9. The van der Waals surface area contributed by atoms with Crippen molar-refractivity contribution in [1.29, 1.82) is 0 Å². The second kappa shape index (κ2) is 13.1. The molecule has 0 heterocycles. The third-order valence-corrected chi connectivity index (χ3v) is 7.47. The molecule has 0 spiro atoms. The molecule has 176 valence electrons. The van der Waals surface area contributed by atoms with Crippen molar-refractivity contribution in [3.05, 3.63) is 127 Å². The number of halogens is 3. The van der Waals surface area contributed by atoms with Gasteiger partial charge in [0.25, 0.3) is 0 Å². The number of rotatable bonds is 6. The SMILES string of the molecule is CCCC1=CCC(C(c2cccc(C)c2)(c2cccc(C)c2)c2cccc(C)c2)=[C]1[Ti+3].[Cl-].[Cl-].[Cl-]. The fourth-order valence-electron chi connectivity index (χ4n) is 5.12. The van der Waals surface area contributed by atoms with Gasteiger partial charge in [0.2, 0.25) is 0 Å². The zero-order chi connectivity index (χ0) is 22.0. The molecule has 0 fully saturated rings. The summed E-state index contributed by atoms with van der Waals surface area (Å²) in [6.07, 6.45) is 5.82. The van der Waals surface area contributed by atoms with Gasteiger partial charge in [0.05, 0.1) is 0 Å². The van der Waals surface area contributed by atoms with Crippen molar-refractivity contribution < 1.29 is 57.7 Å². The van der Waals surface area contributed by atoms with Gasteiger partial charge in [-0.3, -0.25) is 0 Å². The van der Waals surface area contributed by atoms with E-state index in [1.165, 1.54) is 54.8 Å². The number of hydrogen-bond acceptors (Lipinski definition) is 0. The maximum absolute atomic E-state index is 2.48. The van der Waals surface area contributed by atoms with Crippen molar-refractivity contribution in [1.82, 2.24) is 0 Å². The van der Waals surface area contributed by atoms with Crippen molar-refractivity contribution in [2.75, 3.05) is 0 Å². The minimum Gasteiger partial charge on any atom is -1.00 e. The van der Waals surface area contributed by atoms with E-state index in [0.717, 1.165) is 12.8 Å². The number of allylic oxidation sites excluding steroid dienone is 4. The molecular formula is C30H31Cl3Ti. The first kappa shape index (κ1) is 30.8. The van der Waals surface area contributed by atoms with Crippen LogP contribution in [0.15, 0.2) is 93.9 Å². The number of aryl methyl sites for hydroxylation is 3. The molecule has 0 radical (unpaired) electrons. The van der Waals surface area contributed by atoms with E-state index < -0.39 is 0 Å². The summed E-state index contributed by atoms with van der Waals surface area (Å²) in [4.78, 5) is 0. The molecule has 0 aromatic heterocycles. The summed E-state index contributed by atoms with van der Waals surface area (Å²) < 4.78 is 1.48. The molecule has 0 unspecified atom stereocenters. The Labute approximate surface area is 236 Å². The fraction of sp³-hybridized carbons (Fsp3) is 0.267. The summed E-state index contributed by atoms with van der Waals surface area (Å²) in [5.74, 6) is 0. The Kier molecular flexibility index (Phi) is 11.9. The Morgan fingerprint density at radius 2 is 1.12 bits per heavy atom. The van der Waals surface area contributed by atoms with Crippen molar-refractivity contribution in [2.24, 2.45) is 0 Å². The van der Waals surface area contributed by atoms with Crippen LogP contribution in [0.25, 0.3) is 0 Å². The first-order valence-corrected chi connectivity index (χ1v) is 12.1. The Morgan fingerprint density at radius 3 is 1.47 bits per heavy atom. The van der Waals surface area contributed by atoms with Gasteiger partial charge in [0.1, 0.15) is 0 Å². The van der Waals surface area contributed by atoms with Gasteiger partial charge < -0.3 is 37.2 Å². The molecule has 4 heteroatoms. The molecule has 1 aliphatic carbocycles. The molecule has 0 nitrogen and oxygen atoms in total.